The summed E-state index contributed by atoms with van der Waals surface area (Å²) >= 11 is 0. The van der Waals surface area contributed by atoms with Gasteiger partial charge in [-0.25, -0.2) is 4.98 Å². The lowest BCUT2D eigenvalue weighted by Gasteiger charge is -2.24. The fourth-order valence-electron chi connectivity index (χ4n) is 6.14. The Kier molecular flexibility index (Phi) is 5.16. The van der Waals surface area contributed by atoms with Gasteiger partial charge in [-0.3, -0.25) is 4.90 Å². The number of nitrogens with zero attached hydrogens (tertiary/aromatic N) is 2. The number of furan rings is 2. The van der Waals surface area contributed by atoms with E-state index in [0.29, 0.717) is 0 Å². The first-order chi connectivity index (χ1) is 21.3. The van der Waals surface area contributed by atoms with Crippen molar-refractivity contribution in [1.29, 1.82) is 0 Å². The van der Waals surface area contributed by atoms with E-state index in [1.165, 1.54) is 5.56 Å². The van der Waals surface area contributed by atoms with Crippen molar-refractivity contribution < 1.29 is 8.83 Å². The molecule has 4 heteroatoms. The first kappa shape index (κ1) is 23.8. The third-order valence-corrected chi connectivity index (χ3v) is 8.25. The predicted octanol–water partition coefficient (Wildman–Crippen LogP) is 11.2. The molecule has 0 saturated carbocycles. The van der Waals surface area contributed by atoms with Crippen LogP contribution in [0.3, 0.4) is 0 Å². The molecule has 0 atom stereocenters. The van der Waals surface area contributed by atoms with Crippen LogP contribution in [0.15, 0.2) is 154 Å². The molecule has 0 fully saturated rings. The largest absolute Gasteiger partial charge is 0.456 e. The van der Waals surface area contributed by atoms with Crippen LogP contribution in [0.5, 0.6) is 0 Å². The molecule has 3 aromatic heterocycles. The molecule has 9 rings (SSSR count). The quantitative estimate of drug-likeness (QED) is 0.218. The molecule has 4 nitrogen and oxygen atoms in total. The van der Waals surface area contributed by atoms with Crippen molar-refractivity contribution in [2.75, 3.05) is 4.90 Å². The van der Waals surface area contributed by atoms with Crippen molar-refractivity contribution in [3.05, 3.63) is 146 Å². The number of rotatable bonds is 4. The highest BCUT2D eigenvalue weighted by molar-refractivity contribution is 6.09. The van der Waals surface area contributed by atoms with E-state index in [1.807, 2.05) is 42.5 Å². The molecule has 0 amide bonds. The number of pyridine rings is 1. The minimum Gasteiger partial charge on any atom is -0.456 e. The van der Waals surface area contributed by atoms with E-state index in [4.69, 9.17) is 13.8 Å². The summed E-state index contributed by atoms with van der Waals surface area (Å²) in [6.45, 7) is 0. The minimum absolute atomic E-state index is 0.765. The summed E-state index contributed by atoms with van der Waals surface area (Å²) in [7, 11) is 0. The lowest BCUT2D eigenvalue weighted by molar-refractivity contribution is 0.668. The van der Waals surface area contributed by atoms with Crippen LogP contribution in [0.25, 0.3) is 65.9 Å². The zero-order valence-corrected chi connectivity index (χ0v) is 23.1. The molecular formula is C39H24N2O2. The van der Waals surface area contributed by atoms with Gasteiger partial charge in [0.2, 0.25) is 0 Å². The second kappa shape index (κ2) is 9.33. The average Bonchev–Trinajstić information content (AvgIpc) is 3.61. The van der Waals surface area contributed by atoms with Crippen LogP contribution < -0.4 is 4.90 Å². The Morgan fingerprint density at radius 3 is 1.93 bits per heavy atom. The number of benzene rings is 6. The fourth-order valence-corrected chi connectivity index (χ4v) is 6.14. The first-order valence-corrected chi connectivity index (χ1v) is 14.4. The highest BCUT2D eigenvalue weighted by Crippen LogP contribution is 2.40. The predicted molar refractivity (Wildman–Crippen MR) is 176 cm³/mol. The van der Waals surface area contributed by atoms with E-state index in [2.05, 4.69) is 108 Å². The lowest BCUT2D eigenvalue weighted by Crippen LogP contribution is -2.11. The number of para-hydroxylation sites is 1. The van der Waals surface area contributed by atoms with Gasteiger partial charge in [-0.1, -0.05) is 84.9 Å². The summed E-state index contributed by atoms with van der Waals surface area (Å²) in [5.74, 6) is 0.797. The molecule has 0 aliphatic heterocycles. The molecule has 0 unspecified atom stereocenters. The van der Waals surface area contributed by atoms with Crippen molar-refractivity contribution in [3.63, 3.8) is 0 Å². The van der Waals surface area contributed by atoms with Gasteiger partial charge < -0.3 is 8.83 Å². The maximum atomic E-state index is 6.29. The van der Waals surface area contributed by atoms with E-state index < -0.39 is 0 Å². The molecule has 0 saturated heterocycles. The topological polar surface area (TPSA) is 42.4 Å². The molecule has 0 radical (unpaired) electrons. The number of hydrogen-bond donors (Lipinski definition) is 0. The van der Waals surface area contributed by atoms with Gasteiger partial charge in [0.1, 0.15) is 28.1 Å². The Bertz CT molecular complexity index is 2450. The van der Waals surface area contributed by atoms with Crippen molar-refractivity contribution in [2.24, 2.45) is 0 Å². The van der Waals surface area contributed by atoms with E-state index in [0.717, 1.165) is 77.5 Å². The molecule has 0 aliphatic carbocycles. The summed E-state index contributed by atoms with van der Waals surface area (Å²) in [5, 5.41) is 5.51. The molecule has 43 heavy (non-hydrogen) atoms. The number of fused-ring (bicyclic) bond motifs is 7. The Morgan fingerprint density at radius 2 is 1.07 bits per heavy atom. The number of hydrogen-bond acceptors (Lipinski definition) is 4. The van der Waals surface area contributed by atoms with Gasteiger partial charge in [0.25, 0.3) is 0 Å². The number of aromatic nitrogens is 1. The Hall–Kier alpha value is -5.87. The van der Waals surface area contributed by atoms with Crippen LogP contribution >= 0.6 is 0 Å². The molecule has 202 valence electrons. The van der Waals surface area contributed by atoms with E-state index >= 15 is 0 Å². The maximum absolute atomic E-state index is 6.29. The third-order valence-electron chi connectivity index (χ3n) is 8.25. The molecule has 0 aliphatic rings. The normalized spacial score (nSPS) is 11.7. The van der Waals surface area contributed by atoms with Gasteiger partial charge >= 0.3 is 0 Å². The van der Waals surface area contributed by atoms with Crippen molar-refractivity contribution >= 4 is 72.0 Å². The van der Waals surface area contributed by atoms with Gasteiger partial charge in [-0.05, 0) is 76.5 Å². The fraction of sp³-hybridized carbons (Fsp3) is 0. The van der Waals surface area contributed by atoms with Gasteiger partial charge in [-0.2, -0.15) is 0 Å². The summed E-state index contributed by atoms with van der Waals surface area (Å²) in [6, 6.07) is 50.3. The highest BCUT2D eigenvalue weighted by atomic mass is 16.3. The summed E-state index contributed by atoms with van der Waals surface area (Å²) < 4.78 is 12.6. The summed E-state index contributed by atoms with van der Waals surface area (Å²) in [4.78, 5) is 7.41. The van der Waals surface area contributed by atoms with Crippen molar-refractivity contribution in [3.8, 4) is 11.1 Å². The van der Waals surface area contributed by atoms with Crippen molar-refractivity contribution in [1.82, 2.24) is 4.98 Å². The van der Waals surface area contributed by atoms with Crippen LogP contribution in [0.2, 0.25) is 0 Å². The molecule has 9 aromatic rings. The zero-order valence-electron chi connectivity index (χ0n) is 23.1. The standard InChI is InChI=1S/C39H24N2O2/c1-2-8-25(9-3-1)26-14-16-29(17-15-26)41(30-18-19-32-31-12-6-7-13-34(31)42-37(32)24-30)38-21-20-35-39(40-38)33-22-27-10-4-5-11-28(27)23-36(33)43-35/h1-24H. The Morgan fingerprint density at radius 1 is 0.419 bits per heavy atom. The summed E-state index contributed by atoms with van der Waals surface area (Å²) in [5.41, 5.74) is 8.46. The first-order valence-electron chi connectivity index (χ1n) is 14.4. The molecule has 0 N–H and O–H groups in total. The van der Waals surface area contributed by atoms with E-state index in [9.17, 15) is 0 Å². The molecule has 6 aromatic carbocycles. The smallest absolute Gasteiger partial charge is 0.154 e. The molecule has 3 heterocycles. The van der Waals surface area contributed by atoms with Crippen LogP contribution in [0.1, 0.15) is 0 Å². The van der Waals surface area contributed by atoms with Crippen LogP contribution in [-0.4, -0.2) is 4.98 Å². The molecular weight excluding hydrogens is 528 g/mol. The SMILES string of the molecule is c1ccc(-c2ccc(N(c3ccc4c(c3)oc3ccccc34)c3ccc4oc5cc6ccccc6cc5c4n3)cc2)cc1. The number of anilines is 3. The van der Waals surface area contributed by atoms with Gasteiger partial charge in [0.05, 0.1) is 5.69 Å². The van der Waals surface area contributed by atoms with Gasteiger partial charge in [0, 0.05) is 27.9 Å². The Balaban J connectivity index is 1.24. The second-order valence-corrected chi connectivity index (χ2v) is 10.8. The van der Waals surface area contributed by atoms with E-state index in [-0.39, 0.29) is 0 Å². The lowest BCUT2D eigenvalue weighted by atomic mass is 10.0. The van der Waals surface area contributed by atoms with Crippen LogP contribution in [-0.2, 0) is 0 Å². The zero-order chi connectivity index (χ0) is 28.3. The monoisotopic (exact) mass is 552 g/mol. The minimum atomic E-state index is 0.765. The van der Waals surface area contributed by atoms with Crippen molar-refractivity contribution in [2.45, 2.75) is 0 Å². The average molecular weight is 553 g/mol. The van der Waals surface area contributed by atoms with E-state index in [1.54, 1.807) is 0 Å². The second-order valence-electron chi connectivity index (χ2n) is 10.8. The molecule has 0 spiro atoms. The third kappa shape index (κ3) is 3.88. The maximum Gasteiger partial charge on any atom is 0.154 e. The van der Waals surface area contributed by atoms with Gasteiger partial charge in [0.15, 0.2) is 5.58 Å². The highest BCUT2D eigenvalue weighted by Gasteiger charge is 2.19. The van der Waals surface area contributed by atoms with Crippen LogP contribution in [0, 0.1) is 0 Å². The van der Waals surface area contributed by atoms with Gasteiger partial charge in [-0.15, -0.1) is 0 Å². The Labute approximate surface area is 247 Å². The summed E-state index contributed by atoms with van der Waals surface area (Å²) in [6.07, 6.45) is 0. The molecule has 0 bridgehead atoms. The van der Waals surface area contributed by atoms with Crippen LogP contribution in [0.4, 0.5) is 17.2 Å².